The fourth-order valence-corrected chi connectivity index (χ4v) is 2.44. The maximum absolute atomic E-state index is 5.78. The van der Waals surface area contributed by atoms with Crippen molar-refractivity contribution in [3.05, 3.63) is 28.8 Å². The Bertz CT molecular complexity index is 425. The molecule has 0 saturated carbocycles. The number of benzene rings is 1. The first kappa shape index (κ1) is 16.0. The van der Waals surface area contributed by atoms with Crippen LogP contribution >= 0.6 is 0 Å². The number of aryl methyl sites for hydroxylation is 2. The second-order valence-electron chi connectivity index (χ2n) is 6.15. The lowest BCUT2D eigenvalue weighted by atomic mass is 9.82. The summed E-state index contributed by atoms with van der Waals surface area (Å²) in [6, 6.07) is 4.56. The molecule has 1 atom stereocenters. The molecule has 0 aromatic heterocycles. The second kappa shape index (κ2) is 6.40. The lowest BCUT2D eigenvalue weighted by Crippen LogP contribution is -2.39. The van der Waals surface area contributed by atoms with Crippen LogP contribution in [0.3, 0.4) is 0 Å². The van der Waals surface area contributed by atoms with Crippen LogP contribution in [-0.4, -0.2) is 26.2 Å². The maximum Gasteiger partial charge on any atom is 0.125 e. The molecule has 0 aliphatic carbocycles. The smallest absolute Gasteiger partial charge is 0.125 e. The highest BCUT2D eigenvalue weighted by molar-refractivity contribution is 5.47. The summed E-state index contributed by atoms with van der Waals surface area (Å²) in [5.74, 6) is 0.998. The first-order valence-corrected chi connectivity index (χ1v) is 6.90. The summed E-state index contributed by atoms with van der Waals surface area (Å²) in [4.78, 5) is 0. The van der Waals surface area contributed by atoms with Crippen molar-refractivity contribution in [2.45, 2.75) is 46.1 Å². The molecule has 0 amide bonds. The van der Waals surface area contributed by atoms with E-state index in [9.17, 15) is 0 Å². The van der Waals surface area contributed by atoms with E-state index in [0.717, 1.165) is 18.8 Å². The predicted molar refractivity (Wildman–Crippen MR) is 82.0 cm³/mol. The van der Waals surface area contributed by atoms with Gasteiger partial charge in [0.05, 0.1) is 7.11 Å². The average Bonchev–Trinajstić information content (AvgIpc) is 2.27. The molecule has 1 aromatic carbocycles. The van der Waals surface area contributed by atoms with Gasteiger partial charge in [-0.3, -0.25) is 0 Å². The third kappa shape index (κ3) is 4.22. The van der Waals surface area contributed by atoms with E-state index >= 15 is 0 Å². The number of nitrogens with two attached hydrogens (primary N) is 1. The molecule has 0 heterocycles. The zero-order chi connectivity index (χ0) is 14.6. The quantitative estimate of drug-likeness (QED) is 0.830. The van der Waals surface area contributed by atoms with Gasteiger partial charge in [-0.05, 0) is 26.3 Å². The number of rotatable bonds is 6. The van der Waals surface area contributed by atoms with Crippen molar-refractivity contribution in [3.8, 4) is 5.75 Å². The normalized spacial score (nSPS) is 13.4. The number of nitrogens with one attached hydrogen (secondary N) is 1. The van der Waals surface area contributed by atoms with Crippen molar-refractivity contribution in [2.24, 2.45) is 5.73 Å². The molecule has 1 aromatic rings. The van der Waals surface area contributed by atoms with Gasteiger partial charge in [0, 0.05) is 30.1 Å². The van der Waals surface area contributed by atoms with Gasteiger partial charge in [0.25, 0.3) is 0 Å². The molecule has 0 fully saturated rings. The predicted octanol–water partition coefficient (Wildman–Crippen LogP) is 2.53. The molecule has 0 radical (unpaired) electrons. The van der Waals surface area contributed by atoms with Crippen LogP contribution in [0.5, 0.6) is 5.75 Å². The average molecular weight is 264 g/mol. The van der Waals surface area contributed by atoms with Crippen LogP contribution in [0, 0.1) is 13.8 Å². The van der Waals surface area contributed by atoms with Gasteiger partial charge < -0.3 is 15.8 Å². The summed E-state index contributed by atoms with van der Waals surface area (Å²) in [6.07, 6.45) is 0. The molecule has 3 heteroatoms. The number of hydrogen-bond donors (Lipinski definition) is 2. The molecule has 3 nitrogen and oxygen atoms in total. The Labute approximate surface area is 117 Å². The van der Waals surface area contributed by atoms with Gasteiger partial charge in [-0.15, -0.1) is 0 Å². The Kier molecular flexibility index (Phi) is 5.39. The maximum atomic E-state index is 5.78. The fraction of sp³-hybridized carbons (Fsp3) is 0.625. The van der Waals surface area contributed by atoms with Crippen LogP contribution in [0.15, 0.2) is 12.1 Å². The molecule has 0 aliphatic heterocycles. The topological polar surface area (TPSA) is 47.3 Å². The number of methoxy groups -OCH3 is 1. The molecule has 19 heavy (non-hydrogen) atoms. The zero-order valence-electron chi connectivity index (χ0n) is 13.1. The van der Waals surface area contributed by atoms with E-state index in [1.807, 2.05) is 6.92 Å². The molecule has 1 rings (SSSR count). The van der Waals surface area contributed by atoms with Crippen molar-refractivity contribution in [1.82, 2.24) is 5.32 Å². The highest BCUT2D eigenvalue weighted by Crippen LogP contribution is 2.34. The SMILES string of the molecule is COc1c(C)cc(C)cc1C(C)(C)CNCC(C)N. The van der Waals surface area contributed by atoms with E-state index in [-0.39, 0.29) is 11.5 Å². The van der Waals surface area contributed by atoms with Crippen molar-refractivity contribution >= 4 is 0 Å². The van der Waals surface area contributed by atoms with Gasteiger partial charge in [-0.1, -0.05) is 31.5 Å². The highest BCUT2D eigenvalue weighted by Gasteiger charge is 2.25. The molecular formula is C16H28N2O. The van der Waals surface area contributed by atoms with Gasteiger partial charge in [0.1, 0.15) is 5.75 Å². The van der Waals surface area contributed by atoms with Crippen molar-refractivity contribution < 1.29 is 4.74 Å². The number of ether oxygens (including phenoxy) is 1. The summed E-state index contributed by atoms with van der Waals surface area (Å²) < 4.78 is 5.59. The molecule has 0 saturated heterocycles. The molecular weight excluding hydrogens is 236 g/mol. The molecule has 1 unspecified atom stereocenters. The second-order valence-corrected chi connectivity index (χ2v) is 6.15. The summed E-state index contributed by atoms with van der Waals surface area (Å²) >= 11 is 0. The van der Waals surface area contributed by atoms with Crippen molar-refractivity contribution in [1.29, 1.82) is 0 Å². The van der Waals surface area contributed by atoms with Crippen molar-refractivity contribution in [3.63, 3.8) is 0 Å². The zero-order valence-corrected chi connectivity index (χ0v) is 13.1. The largest absolute Gasteiger partial charge is 0.496 e. The summed E-state index contributed by atoms with van der Waals surface area (Å²) in [7, 11) is 1.74. The summed E-state index contributed by atoms with van der Waals surface area (Å²) in [5.41, 5.74) is 9.51. The van der Waals surface area contributed by atoms with E-state index in [1.165, 1.54) is 16.7 Å². The first-order chi connectivity index (χ1) is 8.77. The van der Waals surface area contributed by atoms with E-state index in [0.29, 0.717) is 0 Å². The van der Waals surface area contributed by atoms with Crippen LogP contribution in [0.25, 0.3) is 0 Å². The highest BCUT2D eigenvalue weighted by atomic mass is 16.5. The van der Waals surface area contributed by atoms with Gasteiger partial charge in [-0.25, -0.2) is 0 Å². The summed E-state index contributed by atoms with van der Waals surface area (Å²) in [6.45, 7) is 12.4. The lowest BCUT2D eigenvalue weighted by molar-refractivity contribution is 0.381. The Balaban J connectivity index is 2.99. The van der Waals surface area contributed by atoms with Gasteiger partial charge in [-0.2, -0.15) is 0 Å². The van der Waals surface area contributed by atoms with E-state index in [2.05, 4.69) is 45.1 Å². The summed E-state index contributed by atoms with van der Waals surface area (Å²) in [5, 5.41) is 3.43. The van der Waals surface area contributed by atoms with Crippen LogP contribution in [-0.2, 0) is 5.41 Å². The Morgan fingerprint density at radius 1 is 1.32 bits per heavy atom. The molecule has 0 aliphatic rings. The van der Waals surface area contributed by atoms with E-state index in [1.54, 1.807) is 7.11 Å². The molecule has 108 valence electrons. The standard InChI is InChI=1S/C16H28N2O/c1-11-7-12(2)15(19-6)14(8-11)16(4,5)10-18-9-13(3)17/h7-8,13,18H,9-10,17H2,1-6H3. The van der Waals surface area contributed by atoms with Crippen molar-refractivity contribution in [2.75, 3.05) is 20.2 Å². The van der Waals surface area contributed by atoms with Gasteiger partial charge in [0.2, 0.25) is 0 Å². The minimum atomic E-state index is 0.0109. The van der Waals surface area contributed by atoms with Gasteiger partial charge >= 0.3 is 0 Å². The van der Waals surface area contributed by atoms with Gasteiger partial charge in [0.15, 0.2) is 0 Å². The first-order valence-electron chi connectivity index (χ1n) is 6.90. The lowest BCUT2D eigenvalue weighted by Gasteiger charge is -2.29. The van der Waals surface area contributed by atoms with E-state index < -0.39 is 0 Å². The fourth-order valence-electron chi connectivity index (χ4n) is 2.44. The third-order valence-electron chi connectivity index (χ3n) is 3.39. The minimum absolute atomic E-state index is 0.0109. The van der Waals surface area contributed by atoms with Crippen LogP contribution in [0.2, 0.25) is 0 Å². The third-order valence-corrected chi connectivity index (χ3v) is 3.39. The molecule has 0 bridgehead atoms. The molecule has 0 spiro atoms. The Morgan fingerprint density at radius 2 is 1.95 bits per heavy atom. The monoisotopic (exact) mass is 264 g/mol. The van der Waals surface area contributed by atoms with E-state index in [4.69, 9.17) is 10.5 Å². The van der Waals surface area contributed by atoms with Crippen LogP contribution < -0.4 is 15.8 Å². The van der Waals surface area contributed by atoms with Crippen LogP contribution in [0.1, 0.15) is 37.5 Å². The Hall–Kier alpha value is -1.06. The minimum Gasteiger partial charge on any atom is -0.496 e. The number of hydrogen-bond acceptors (Lipinski definition) is 3. The molecule has 3 N–H and O–H groups in total. The Morgan fingerprint density at radius 3 is 2.47 bits per heavy atom. The van der Waals surface area contributed by atoms with Crippen LogP contribution in [0.4, 0.5) is 0 Å².